The first-order valence-electron chi connectivity index (χ1n) is 5.81. The second-order valence-electron chi connectivity index (χ2n) is 3.96. The number of nitro groups is 1. The van der Waals surface area contributed by atoms with E-state index >= 15 is 0 Å². The molecule has 0 aliphatic heterocycles. The molecule has 2 rings (SSSR count). The predicted octanol–water partition coefficient (Wildman–Crippen LogP) is 5.07. The minimum absolute atomic E-state index is 0.150. The molecular formula is C14H12BrNO2S. The molecule has 0 N–H and O–H groups in total. The van der Waals surface area contributed by atoms with Crippen LogP contribution in [0.5, 0.6) is 0 Å². The third kappa shape index (κ3) is 3.58. The lowest BCUT2D eigenvalue weighted by atomic mass is 10.1. The molecule has 0 aliphatic carbocycles. The lowest BCUT2D eigenvalue weighted by Crippen LogP contribution is -1.92. The molecule has 5 heteroatoms. The van der Waals surface area contributed by atoms with Gasteiger partial charge in [-0.05, 0) is 42.3 Å². The van der Waals surface area contributed by atoms with Gasteiger partial charge in [0.2, 0.25) is 0 Å². The van der Waals surface area contributed by atoms with Crippen molar-refractivity contribution in [3.8, 4) is 0 Å². The van der Waals surface area contributed by atoms with E-state index in [9.17, 15) is 10.1 Å². The van der Waals surface area contributed by atoms with Crippen LogP contribution in [0.3, 0.4) is 0 Å². The molecule has 0 atom stereocenters. The Balaban J connectivity index is 2.29. The molecule has 0 fully saturated rings. The number of hydrogen-bond acceptors (Lipinski definition) is 3. The summed E-state index contributed by atoms with van der Waals surface area (Å²) in [5.41, 5.74) is 1.15. The molecule has 0 heterocycles. The number of aryl methyl sites for hydroxylation is 1. The van der Waals surface area contributed by atoms with Gasteiger partial charge in [-0.2, -0.15) is 0 Å². The van der Waals surface area contributed by atoms with Gasteiger partial charge in [-0.1, -0.05) is 34.6 Å². The van der Waals surface area contributed by atoms with Crippen LogP contribution in [0.1, 0.15) is 12.5 Å². The molecule has 98 valence electrons. The predicted molar refractivity (Wildman–Crippen MR) is 80.7 cm³/mol. The van der Waals surface area contributed by atoms with E-state index in [1.165, 1.54) is 0 Å². The third-order valence-electron chi connectivity index (χ3n) is 2.68. The summed E-state index contributed by atoms with van der Waals surface area (Å²) in [6.45, 7) is 2.00. The minimum atomic E-state index is -0.354. The van der Waals surface area contributed by atoms with Crippen molar-refractivity contribution < 1.29 is 4.92 Å². The zero-order valence-electron chi connectivity index (χ0n) is 10.3. The van der Waals surface area contributed by atoms with Crippen LogP contribution in [0.2, 0.25) is 0 Å². The van der Waals surface area contributed by atoms with Crippen molar-refractivity contribution >= 4 is 33.4 Å². The highest BCUT2D eigenvalue weighted by molar-refractivity contribution is 9.10. The second kappa shape index (κ2) is 6.21. The van der Waals surface area contributed by atoms with Crippen molar-refractivity contribution in [2.45, 2.75) is 23.1 Å². The molecule has 0 saturated heterocycles. The van der Waals surface area contributed by atoms with Crippen molar-refractivity contribution in [1.29, 1.82) is 0 Å². The van der Waals surface area contributed by atoms with Crippen LogP contribution >= 0.6 is 27.7 Å². The Kier molecular flexibility index (Phi) is 4.61. The molecule has 0 aliphatic rings. The summed E-state index contributed by atoms with van der Waals surface area (Å²) >= 11 is 5.02. The van der Waals surface area contributed by atoms with Crippen LogP contribution in [0, 0.1) is 10.1 Å². The maximum absolute atomic E-state index is 10.8. The Morgan fingerprint density at radius 2 is 1.89 bits per heavy atom. The van der Waals surface area contributed by atoms with Crippen LogP contribution in [-0.2, 0) is 6.42 Å². The van der Waals surface area contributed by atoms with E-state index in [1.807, 2.05) is 37.3 Å². The number of nitrogens with zero attached hydrogens (tertiary/aromatic N) is 1. The summed E-state index contributed by atoms with van der Waals surface area (Å²) in [5, 5.41) is 10.8. The van der Waals surface area contributed by atoms with Crippen LogP contribution in [0.15, 0.2) is 56.7 Å². The maximum atomic E-state index is 10.8. The van der Waals surface area contributed by atoms with Crippen molar-refractivity contribution in [3.05, 3.63) is 62.6 Å². The summed E-state index contributed by atoms with van der Waals surface area (Å²) in [6.07, 6.45) is 0.778. The van der Waals surface area contributed by atoms with E-state index in [1.54, 1.807) is 23.9 Å². The molecule has 2 aromatic rings. The highest BCUT2D eigenvalue weighted by Crippen LogP contribution is 2.33. The van der Waals surface area contributed by atoms with Crippen LogP contribution in [0.4, 0.5) is 5.69 Å². The summed E-state index contributed by atoms with van der Waals surface area (Å²) in [4.78, 5) is 12.6. The standard InChI is InChI=1S/C14H12BrNO2S/c1-2-10-9-12(16(17)18)5-8-14(10)19-13-6-3-11(15)4-7-13/h3-9H,2H2,1H3. The summed E-state index contributed by atoms with van der Waals surface area (Å²) in [7, 11) is 0. The summed E-state index contributed by atoms with van der Waals surface area (Å²) in [6, 6.07) is 13.1. The second-order valence-corrected chi connectivity index (χ2v) is 5.99. The smallest absolute Gasteiger partial charge is 0.258 e. The van der Waals surface area contributed by atoms with E-state index in [0.29, 0.717) is 0 Å². The summed E-state index contributed by atoms with van der Waals surface area (Å²) < 4.78 is 1.04. The van der Waals surface area contributed by atoms with E-state index in [-0.39, 0.29) is 10.6 Å². The van der Waals surface area contributed by atoms with Crippen molar-refractivity contribution in [3.63, 3.8) is 0 Å². The van der Waals surface area contributed by atoms with E-state index in [4.69, 9.17) is 0 Å². The Hall–Kier alpha value is -1.33. The first-order chi connectivity index (χ1) is 9.10. The lowest BCUT2D eigenvalue weighted by Gasteiger charge is -2.07. The summed E-state index contributed by atoms with van der Waals surface area (Å²) in [5.74, 6) is 0. The van der Waals surface area contributed by atoms with Crippen molar-refractivity contribution in [2.24, 2.45) is 0 Å². The zero-order chi connectivity index (χ0) is 13.8. The Morgan fingerprint density at radius 1 is 1.21 bits per heavy atom. The zero-order valence-corrected chi connectivity index (χ0v) is 12.7. The number of nitro benzene ring substituents is 1. The van der Waals surface area contributed by atoms with Gasteiger partial charge in [0.25, 0.3) is 5.69 Å². The van der Waals surface area contributed by atoms with Gasteiger partial charge in [-0.3, -0.25) is 10.1 Å². The molecule has 0 spiro atoms. The SMILES string of the molecule is CCc1cc([N+](=O)[O-])ccc1Sc1ccc(Br)cc1. The quantitative estimate of drug-likeness (QED) is 0.577. The number of benzene rings is 2. The van der Waals surface area contributed by atoms with Crippen LogP contribution in [0.25, 0.3) is 0 Å². The molecule has 0 bridgehead atoms. The Bertz CT molecular complexity index is 599. The number of halogens is 1. The average Bonchev–Trinajstić information content (AvgIpc) is 2.41. The maximum Gasteiger partial charge on any atom is 0.269 e. The first kappa shape index (κ1) is 14.1. The van der Waals surface area contributed by atoms with Gasteiger partial charge in [0.05, 0.1) is 4.92 Å². The van der Waals surface area contributed by atoms with E-state index in [2.05, 4.69) is 15.9 Å². The van der Waals surface area contributed by atoms with Crippen LogP contribution < -0.4 is 0 Å². The van der Waals surface area contributed by atoms with Crippen molar-refractivity contribution in [2.75, 3.05) is 0 Å². The first-order valence-corrected chi connectivity index (χ1v) is 7.42. The Labute approximate surface area is 124 Å². The number of hydrogen-bond donors (Lipinski definition) is 0. The molecule has 3 nitrogen and oxygen atoms in total. The van der Waals surface area contributed by atoms with Crippen LogP contribution in [-0.4, -0.2) is 4.92 Å². The normalized spacial score (nSPS) is 10.4. The van der Waals surface area contributed by atoms with E-state index < -0.39 is 0 Å². The number of non-ortho nitro benzene ring substituents is 1. The van der Waals surface area contributed by atoms with Crippen molar-refractivity contribution in [1.82, 2.24) is 0 Å². The highest BCUT2D eigenvalue weighted by atomic mass is 79.9. The van der Waals surface area contributed by atoms with Gasteiger partial charge in [0, 0.05) is 26.4 Å². The highest BCUT2D eigenvalue weighted by Gasteiger charge is 2.10. The van der Waals surface area contributed by atoms with Gasteiger partial charge in [0.15, 0.2) is 0 Å². The van der Waals surface area contributed by atoms with Gasteiger partial charge in [-0.25, -0.2) is 0 Å². The third-order valence-corrected chi connectivity index (χ3v) is 4.33. The molecule has 0 aromatic heterocycles. The van der Waals surface area contributed by atoms with Gasteiger partial charge in [-0.15, -0.1) is 0 Å². The fraction of sp³-hybridized carbons (Fsp3) is 0.143. The lowest BCUT2D eigenvalue weighted by molar-refractivity contribution is -0.385. The molecule has 0 unspecified atom stereocenters. The molecule has 2 aromatic carbocycles. The fourth-order valence-electron chi connectivity index (χ4n) is 1.68. The van der Waals surface area contributed by atoms with E-state index in [0.717, 1.165) is 26.2 Å². The number of rotatable bonds is 4. The molecule has 0 amide bonds. The monoisotopic (exact) mass is 337 g/mol. The average molecular weight is 338 g/mol. The molecule has 19 heavy (non-hydrogen) atoms. The Morgan fingerprint density at radius 3 is 2.47 bits per heavy atom. The minimum Gasteiger partial charge on any atom is -0.258 e. The van der Waals surface area contributed by atoms with Gasteiger partial charge >= 0.3 is 0 Å². The molecular weight excluding hydrogens is 326 g/mol. The topological polar surface area (TPSA) is 43.1 Å². The van der Waals surface area contributed by atoms with Gasteiger partial charge in [0.1, 0.15) is 0 Å². The molecule has 0 radical (unpaired) electrons. The molecule has 0 saturated carbocycles. The van der Waals surface area contributed by atoms with Gasteiger partial charge < -0.3 is 0 Å². The fourth-order valence-corrected chi connectivity index (χ4v) is 2.95. The largest absolute Gasteiger partial charge is 0.269 e.